The Bertz CT molecular complexity index is 8830. The third kappa shape index (κ3) is 21.5. The standard InChI is InChI=1S/C24H16BrN.C18H12BrN.C15H11Cl.C14H9Br.C14H9Cl.C12H7ClN2.C10H7Br.C8H7ClN2.C7H5BrN2/c25-19-12-15-24-22(16-19)21-8-4-5-9-23(21)26(24)20-13-10-18(11-14-20)17-6-2-1-3-7-17;19-13-9-11-14(12-10-13)20-17-7-3-1-5-15(17)16-6-2-4-8-18(16)20;16-10-15-13-7-3-1-5-11(13)9-12-6-2-4-8-14(12)15;15-14-12-7-3-1-5-10(12)9-11-6-2-4-8-13(11)14;15-14-7-3-6-12-8-10-4-1-2-5-11(10)9-13(12)14;13-10-7-8-3-1-5-14-11(8)12-9(10)4-2-6-15-12;11-10-7-3-5-8-4-1-2-6-9(8)10;9-5-8-10-6-3-1-2-4-7(6)11-8;8-5-1-2-6-7(3-5)10-4-9-6/h1-16H;1-12H;1-9H,10H2;2*1-9H;1-7H;1-7H;1-4H,5H2,(H,10,11);1-4H,(H,9,10). The van der Waals surface area contributed by atoms with Crippen molar-refractivity contribution < 1.29 is 0 Å². The normalized spacial score (nSPS) is 11.0. The smallest absolute Gasteiger partial charge is 0.122 e. The minimum atomic E-state index is 0.439. The van der Waals surface area contributed by atoms with E-state index in [2.05, 4.69) is 458 Å². The van der Waals surface area contributed by atoms with Gasteiger partial charge in [-0.15, -0.1) is 23.2 Å². The maximum Gasteiger partial charge on any atom is 0.122 e. The minimum absolute atomic E-state index is 0.439. The van der Waals surface area contributed by atoms with Crippen LogP contribution in [0, 0.1) is 0 Å². The molecule has 0 atom stereocenters. The number of imidazole rings is 2. The van der Waals surface area contributed by atoms with Crippen LogP contribution in [0.15, 0.2) is 490 Å². The summed E-state index contributed by atoms with van der Waals surface area (Å²) in [5, 5.41) is 26.2. The molecule has 8 nitrogen and oxygen atoms in total. The fourth-order valence-corrected chi connectivity index (χ4v) is 20.6. The van der Waals surface area contributed by atoms with E-state index in [-0.39, 0.29) is 0 Å². The highest BCUT2D eigenvalue weighted by Crippen LogP contribution is 2.39. The number of aromatic amines is 2. The fraction of sp³-hybridized carbons (Fsp3) is 0.0164. The molecule has 0 radical (unpaired) electrons. The molecule has 674 valence electrons. The van der Waals surface area contributed by atoms with Crippen molar-refractivity contribution in [1.29, 1.82) is 0 Å². The number of rotatable bonds is 5. The number of nitrogens with zero attached hydrogens (tertiary/aromatic N) is 6. The van der Waals surface area contributed by atoms with E-state index in [1.54, 1.807) is 18.7 Å². The zero-order valence-electron chi connectivity index (χ0n) is 74.5. The largest absolute Gasteiger partial charge is 0.345 e. The van der Waals surface area contributed by atoms with Gasteiger partial charge in [0, 0.05) is 94.7 Å². The van der Waals surface area contributed by atoms with Gasteiger partial charge in [-0.2, -0.15) is 0 Å². The van der Waals surface area contributed by atoms with Gasteiger partial charge in [0.2, 0.25) is 0 Å². The molecule has 0 fully saturated rings. The molecular formula is C122H83Br5Cl4N8. The zero-order chi connectivity index (χ0) is 95.1. The van der Waals surface area contributed by atoms with Crippen molar-refractivity contribution in [3.8, 4) is 22.5 Å². The second kappa shape index (κ2) is 44.4. The van der Waals surface area contributed by atoms with Crippen molar-refractivity contribution in [2.75, 3.05) is 0 Å². The fourth-order valence-electron chi connectivity index (χ4n) is 17.5. The molecule has 0 amide bonds. The van der Waals surface area contributed by atoms with E-state index in [9.17, 15) is 0 Å². The van der Waals surface area contributed by atoms with Gasteiger partial charge in [-0.05, 0) is 266 Å². The summed E-state index contributed by atoms with van der Waals surface area (Å²) in [7, 11) is 0. The summed E-state index contributed by atoms with van der Waals surface area (Å²) in [6.07, 6.45) is 5.22. The average molecular weight is 2200 g/mol. The first-order chi connectivity index (χ1) is 68.3. The van der Waals surface area contributed by atoms with Crippen LogP contribution in [0.2, 0.25) is 10.0 Å². The van der Waals surface area contributed by atoms with Gasteiger partial charge in [0.1, 0.15) is 5.82 Å². The van der Waals surface area contributed by atoms with E-state index < -0.39 is 0 Å². The Morgan fingerprint density at radius 1 is 0.259 bits per heavy atom. The molecule has 27 aromatic rings. The molecule has 0 aliphatic heterocycles. The summed E-state index contributed by atoms with van der Waals surface area (Å²) in [5.74, 6) is 1.82. The van der Waals surface area contributed by atoms with Crippen LogP contribution < -0.4 is 0 Å². The highest BCUT2D eigenvalue weighted by molar-refractivity contribution is 9.11. The molecule has 0 saturated carbocycles. The molecule has 6 heterocycles. The topological polar surface area (TPSA) is 93.0 Å². The minimum Gasteiger partial charge on any atom is -0.345 e. The van der Waals surface area contributed by atoms with Crippen molar-refractivity contribution in [1.82, 2.24) is 39.0 Å². The molecule has 27 rings (SSSR count). The van der Waals surface area contributed by atoms with E-state index in [1.165, 1.54) is 146 Å². The first-order valence-electron chi connectivity index (χ1n) is 44.9. The van der Waals surface area contributed by atoms with Gasteiger partial charge in [0.25, 0.3) is 0 Å². The van der Waals surface area contributed by atoms with Crippen LogP contribution in [-0.4, -0.2) is 39.0 Å². The molecule has 0 aliphatic rings. The van der Waals surface area contributed by atoms with Crippen LogP contribution in [0.1, 0.15) is 11.4 Å². The summed E-state index contributed by atoms with van der Waals surface area (Å²) < 4.78 is 10.3. The number of halogens is 9. The van der Waals surface area contributed by atoms with Crippen molar-refractivity contribution >= 4 is 289 Å². The van der Waals surface area contributed by atoms with Gasteiger partial charge in [0.05, 0.1) is 72.4 Å². The number of hydrogen-bond donors (Lipinski definition) is 2. The van der Waals surface area contributed by atoms with Crippen LogP contribution >= 0.6 is 126 Å². The second-order valence-corrected chi connectivity index (χ2v) is 38.4. The lowest BCUT2D eigenvalue weighted by Crippen LogP contribution is -1.93. The number of nitrogens with one attached hydrogen (secondary N) is 2. The maximum atomic E-state index is 6.17. The summed E-state index contributed by atoms with van der Waals surface area (Å²) in [5.41, 5.74) is 16.9. The van der Waals surface area contributed by atoms with Gasteiger partial charge < -0.3 is 19.1 Å². The molecule has 0 spiro atoms. The van der Waals surface area contributed by atoms with E-state index in [4.69, 9.17) is 46.4 Å². The number of para-hydroxylation sites is 5. The molecule has 2 N–H and O–H groups in total. The average Bonchev–Trinajstić information content (AvgIpc) is 1.62. The molecule has 0 saturated heterocycles. The number of fused-ring (bicyclic) bond motifs is 18. The Labute approximate surface area is 865 Å². The number of hydrogen-bond acceptors (Lipinski definition) is 4. The van der Waals surface area contributed by atoms with Crippen molar-refractivity contribution in [2.45, 2.75) is 11.8 Å². The Morgan fingerprint density at radius 3 is 1.29 bits per heavy atom. The van der Waals surface area contributed by atoms with Crippen LogP contribution in [0.25, 0.3) is 185 Å². The summed E-state index contributed by atoms with van der Waals surface area (Å²) in [6.45, 7) is 0. The van der Waals surface area contributed by atoms with E-state index >= 15 is 0 Å². The highest BCUT2D eigenvalue weighted by atomic mass is 79.9. The maximum absolute atomic E-state index is 6.17. The lowest BCUT2D eigenvalue weighted by Gasteiger charge is -2.09. The predicted molar refractivity (Wildman–Crippen MR) is 612 cm³/mol. The monoisotopic (exact) mass is 2190 g/mol. The Morgan fingerprint density at radius 2 is 0.691 bits per heavy atom. The van der Waals surface area contributed by atoms with E-state index in [0.717, 1.165) is 83.0 Å². The van der Waals surface area contributed by atoms with Crippen LogP contribution in [0.3, 0.4) is 0 Å². The van der Waals surface area contributed by atoms with Crippen molar-refractivity contribution in [3.63, 3.8) is 0 Å². The van der Waals surface area contributed by atoms with E-state index in [0.29, 0.717) is 11.8 Å². The van der Waals surface area contributed by atoms with Gasteiger partial charge in [-0.25, -0.2) is 9.97 Å². The Kier molecular flexibility index (Phi) is 30.2. The molecule has 0 aliphatic carbocycles. The van der Waals surface area contributed by atoms with Gasteiger partial charge in [-0.1, -0.05) is 372 Å². The molecule has 0 bridgehead atoms. The highest BCUT2D eigenvalue weighted by Gasteiger charge is 2.16. The van der Waals surface area contributed by atoms with E-state index in [1.807, 2.05) is 109 Å². The molecule has 139 heavy (non-hydrogen) atoms. The third-order valence-corrected chi connectivity index (χ3v) is 28.3. The summed E-state index contributed by atoms with van der Waals surface area (Å²) in [6, 6.07) is 155. The van der Waals surface area contributed by atoms with Crippen LogP contribution in [0.4, 0.5) is 0 Å². The lowest BCUT2D eigenvalue weighted by molar-refractivity contribution is 1.13. The Hall–Kier alpha value is -13.6. The number of benzene rings is 21. The molecular weight excluding hydrogens is 2120 g/mol. The number of pyridine rings is 2. The molecule has 0 unspecified atom stereocenters. The summed E-state index contributed by atoms with van der Waals surface area (Å²) >= 11 is 41.7. The van der Waals surface area contributed by atoms with Gasteiger partial charge in [-0.3, -0.25) is 9.97 Å². The van der Waals surface area contributed by atoms with Gasteiger partial charge in [0.15, 0.2) is 0 Å². The van der Waals surface area contributed by atoms with Crippen LogP contribution in [-0.2, 0) is 11.8 Å². The molecule has 17 heteroatoms. The second-order valence-electron chi connectivity index (χ2n) is 32.7. The Balaban J connectivity index is 0.000000101. The number of H-pyrrole nitrogens is 2. The zero-order valence-corrected chi connectivity index (χ0v) is 85.4. The quantitative estimate of drug-likeness (QED) is 0.102. The molecule has 6 aromatic heterocycles. The number of aromatic nitrogens is 8. The molecule has 21 aromatic carbocycles. The van der Waals surface area contributed by atoms with Crippen molar-refractivity contribution in [3.05, 3.63) is 511 Å². The number of alkyl halides is 2. The lowest BCUT2D eigenvalue weighted by atomic mass is 9.98. The summed E-state index contributed by atoms with van der Waals surface area (Å²) in [4.78, 5) is 23.1. The SMILES string of the molecule is Brc1c2ccccc2cc2ccccc12.Brc1ccc(-n2c3ccccc3c3ccccc32)cc1.Brc1ccc2c(c1)c1ccccc1n2-c1ccc(-c2ccccc2)cc1.Brc1ccc2nc[nH]c2c1.Brc1cccc2ccccc12.ClCc1c2ccccc2cc2ccccc12.ClCc1nc2ccccc2[nH]1.Clc1cc2cccnc2c2ncccc12.Clc1cccc2cc3ccccc3cc12. The van der Waals surface area contributed by atoms with Crippen LogP contribution in [0.5, 0.6) is 0 Å². The van der Waals surface area contributed by atoms with Gasteiger partial charge >= 0.3 is 0 Å². The van der Waals surface area contributed by atoms with Crippen molar-refractivity contribution in [2.24, 2.45) is 0 Å². The first-order valence-corrected chi connectivity index (χ1v) is 50.7. The predicted octanol–water partition coefficient (Wildman–Crippen LogP) is 38.6. The third-order valence-electron chi connectivity index (χ3n) is 24.0. The first kappa shape index (κ1) is 94.3.